The molecule has 1 rings (SSSR count). The second-order valence-electron chi connectivity index (χ2n) is 5.35. The van der Waals surface area contributed by atoms with Crippen molar-refractivity contribution in [3.05, 3.63) is 0 Å². The molecule has 1 N–H and O–H groups in total. The summed E-state index contributed by atoms with van der Waals surface area (Å²) in [7, 11) is 0. The molecule has 1 fully saturated rings. The molecule has 14 heavy (non-hydrogen) atoms. The largest absolute Gasteiger partial charge is 0.378 e. The van der Waals surface area contributed by atoms with Gasteiger partial charge in [0.15, 0.2) is 0 Å². The van der Waals surface area contributed by atoms with Crippen molar-refractivity contribution in [2.24, 2.45) is 23.7 Å². The maximum absolute atomic E-state index is 10.1. The lowest BCUT2D eigenvalue weighted by Crippen LogP contribution is -2.34. The SMILES string of the molecule is C#CC(C)(O)C1CC(C(C)C)CC1C. The molecule has 1 saturated carbocycles. The minimum Gasteiger partial charge on any atom is -0.378 e. The third kappa shape index (κ3) is 2.12. The molecule has 1 nitrogen and oxygen atoms in total. The molecule has 1 heteroatoms. The Hall–Kier alpha value is -0.480. The third-order valence-corrected chi connectivity index (χ3v) is 3.88. The van der Waals surface area contributed by atoms with Crippen LogP contribution in [0.2, 0.25) is 0 Å². The first-order chi connectivity index (χ1) is 6.38. The van der Waals surface area contributed by atoms with E-state index in [4.69, 9.17) is 6.42 Å². The standard InChI is InChI=1S/C13H22O/c1-6-13(5,14)12-8-11(9(2)3)7-10(12)4/h1,9-12,14H,7-8H2,2-5H3. The van der Waals surface area contributed by atoms with Gasteiger partial charge in [-0.3, -0.25) is 0 Å². The van der Waals surface area contributed by atoms with E-state index in [1.165, 1.54) is 6.42 Å². The molecule has 4 atom stereocenters. The van der Waals surface area contributed by atoms with E-state index in [1.807, 2.05) is 0 Å². The lowest BCUT2D eigenvalue weighted by molar-refractivity contribution is 0.0387. The Balaban J connectivity index is 2.71. The van der Waals surface area contributed by atoms with Gasteiger partial charge >= 0.3 is 0 Å². The lowest BCUT2D eigenvalue weighted by Gasteiger charge is -2.28. The maximum atomic E-state index is 10.1. The molecule has 0 aromatic rings. The van der Waals surface area contributed by atoms with Crippen LogP contribution in [-0.4, -0.2) is 10.7 Å². The van der Waals surface area contributed by atoms with Crippen LogP contribution in [0.4, 0.5) is 0 Å². The van der Waals surface area contributed by atoms with Crippen molar-refractivity contribution in [3.63, 3.8) is 0 Å². The van der Waals surface area contributed by atoms with Crippen LogP contribution >= 0.6 is 0 Å². The van der Waals surface area contributed by atoms with E-state index in [1.54, 1.807) is 6.92 Å². The van der Waals surface area contributed by atoms with E-state index in [2.05, 4.69) is 26.7 Å². The molecular weight excluding hydrogens is 172 g/mol. The summed E-state index contributed by atoms with van der Waals surface area (Å²) < 4.78 is 0. The van der Waals surface area contributed by atoms with E-state index in [0.29, 0.717) is 11.8 Å². The Labute approximate surface area is 87.9 Å². The molecule has 4 unspecified atom stereocenters. The van der Waals surface area contributed by atoms with Crippen molar-refractivity contribution in [1.29, 1.82) is 0 Å². The summed E-state index contributed by atoms with van der Waals surface area (Å²) in [6, 6.07) is 0. The van der Waals surface area contributed by atoms with Crippen LogP contribution in [0.25, 0.3) is 0 Å². The number of terminal acetylenes is 1. The van der Waals surface area contributed by atoms with Gasteiger partial charge < -0.3 is 5.11 Å². The number of hydrogen-bond donors (Lipinski definition) is 1. The molecule has 0 amide bonds. The average Bonchev–Trinajstić information content (AvgIpc) is 2.48. The quantitative estimate of drug-likeness (QED) is 0.670. The third-order valence-electron chi connectivity index (χ3n) is 3.88. The molecule has 0 bridgehead atoms. The van der Waals surface area contributed by atoms with Gasteiger partial charge in [-0.05, 0) is 37.5 Å². The van der Waals surface area contributed by atoms with E-state index in [0.717, 1.165) is 12.3 Å². The second-order valence-corrected chi connectivity index (χ2v) is 5.35. The fraction of sp³-hybridized carbons (Fsp3) is 0.846. The summed E-state index contributed by atoms with van der Waals surface area (Å²) in [5.41, 5.74) is -0.914. The Morgan fingerprint density at radius 1 is 1.43 bits per heavy atom. The van der Waals surface area contributed by atoms with E-state index in [-0.39, 0.29) is 5.92 Å². The first-order valence-corrected chi connectivity index (χ1v) is 5.58. The molecule has 80 valence electrons. The predicted octanol–water partition coefficient (Wildman–Crippen LogP) is 2.69. The summed E-state index contributed by atoms with van der Waals surface area (Å²) in [5.74, 6) is 4.79. The van der Waals surface area contributed by atoms with Crippen LogP contribution in [0.5, 0.6) is 0 Å². The van der Waals surface area contributed by atoms with Gasteiger partial charge in [0.25, 0.3) is 0 Å². The van der Waals surface area contributed by atoms with Crippen molar-refractivity contribution < 1.29 is 5.11 Å². The van der Waals surface area contributed by atoms with Gasteiger partial charge in [0.05, 0.1) is 0 Å². The Bertz CT molecular complexity index is 234. The summed E-state index contributed by atoms with van der Waals surface area (Å²) >= 11 is 0. The van der Waals surface area contributed by atoms with Gasteiger partial charge in [-0.15, -0.1) is 6.42 Å². The predicted molar refractivity (Wildman–Crippen MR) is 59.7 cm³/mol. The summed E-state index contributed by atoms with van der Waals surface area (Å²) in [5, 5.41) is 10.1. The molecular formula is C13H22O. The van der Waals surface area contributed by atoms with Crippen molar-refractivity contribution >= 4 is 0 Å². The second kappa shape index (κ2) is 3.95. The zero-order chi connectivity index (χ0) is 10.9. The first-order valence-electron chi connectivity index (χ1n) is 5.58. The molecule has 0 saturated heterocycles. The van der Waals surface area contributed by atoms with Gasteiger partial charge in [-0.25, -0.2) is 0 Å². The Morgan fingerprint density at radius 3 is 2.36 bits per heavy atom. The highest BCUT2D eigenvalue weighted by molar-refractivity contribution is 5.10. The number of hydrogen-bond acceptors (Lipinski definition) is 1. The number of aliphatic hydroxyl groups is 1. The van der Waals surface area contributed by atoms with Gasteiger partial charge in [0, 0.05) is 5.92 Å². The van der Waals surface area contributed by atoms with E-state index < -0.39 is 5.60 Å². The zero-order valence-corrected chi connectivity index (χ0v) is 9.75. The highest BCUT2D eigenvalue weighted by atomic mass is 16.3. The van der Waals surface area contributed by atoms with Crippen molar-refractivity contribution in [3.8, 4) is 12.3 Å². The molecule has 0 aromatic carbocycles. The molecule has 0 spiro atoms. The Kier molecular flexibility index (Phi) is 3.27. The highest BCUT2D eigenvalue weighted by Gasteiger charge is 2.42. The van der Waals surface area contributed by atoms with Crippen LogP contribution in [-0.2, 0) is 0 Å². The average molecular weight is 194 g/mol. The topological polar surface area (TPSA) is 20.2 Å². The number of rotatable bonds is 2. The van der Waals surface area contributed by atoms with Crippen LogP contribution in [0, 0.1) is 36.0 Å². The monoisotopic (exact) mass is 194 g/mol. The molecule has 0 aliphatic heterocycles. The summed E-state index contributed by atoms with van der Waals surface area (Å²) in [4.78, 5) is 0. The van der Waals surface area contributed by atoms with Crippen molar-refractivity contribution in [1.82, 2.24) is 0 Å². The zero-order valence-electron chi connectivity index (χ0n) is 9.75. The van der Waals surface area contributed by atoms with Gasteiger partial charge in [-0.1, -0.05) is 26.7 Å². The minimum atomic E-state index is -0.914. The van der Waals surface area contributed by atoms with E-state index in [9.17, 15) is 5.11 Å². The molecule has 0 heterocycles. The van der Waals surface area contributed by atoms with Gasteiger partial charge in [0.2, 0.25) is 0 Å². The van der Waals surface area contributed by atoms with Gasteiger partial charge in [0.1, 0.15) is 5.60 Å². The van der Waals surface area contributed by atoms with Crippen LogP contribution in [0.15, 0.2) is 0 Å². The molecule has 1 aliphatic rings. The van der Waals surface area contributed by atoms with Crippen molar-refractivity contribution in [2.45, 2.75) is 46.1 Å². The minimum absolute atomic E-state index is 0.278. The first kappa shape index (κ1) is 11.6. The van der Waals surface area contributed by atoms with Crippen LogP contribution < -0.4 is 0 Å². The summed E-state index contributed by atoms with van der Waals surface area (Å²) in [6.45, 7) is 8.49. The fourth-order valence-corrected chi connectivity index (χ4v) is 2.73. The smallest absolute Gasteiger partial charge is 0.125 e. The maximum Gasteiger partial charge on any atom is 0.125 e. The lowest BCUT2D eigenvalue weighted by atomic mass is 9.82. The molecule has 0 aromatic heterocycles. The van der Waals surface area contributed by atoms with Crippen molar-refractivity contribution in [2.75, 3.05) is 0 Å². The molecule has 0 radical (unpaired) electrons. The highest BCUT2D eigenvalue weighted by Crippen LogP contribution is 2.44. The van der Waals surface area contributed by atoms with E-state index >= 15 is 0 Å². The summed E-state index contributed by atoms with van der Waals surface area (Å²) in [6.07, 6.45) is 7.66. The Morgan fingerprint density at radius 2 is 2.00 bits per heavy atom. The van der Waals surface area contributed by atoms with Crippen LogP contribution in [0.1, 0.15) is 40.5 Å². The van der Waals surface area contributed by atoms with Gasteiger partial charge in [-0.2, -0.15) is 0 Å². The fourth-order valence-electron chi connectivity index (χ4n) is 2.73. The normalized spacial score (nSPS) is 36.8. The molecule has 1 aliphatic carbocycles. The van der Waals surface area contributed by atoms with Crippen LogP contribution in [0.3, 0.4) is 0 Å².